The molecular weight excluding hydrogens is 260 g/mol. The number of rotatable bonds is 3. The lowest BCUT2D eigenvalue weighted by molar-refractivity contribution is 0.623. The van der Waals surface area contributed by atoms with Crippen molar-refractivity contribution in [3.8, 4) is 11.5 Å². The number of pyridine rings is 1. The van der Waals surface area contributed by atoms with Gasteiger partial charge in [-0.2, -0.15) is 0 Å². The highest BCUT2D eigenvalue weighted by Gasteiger charge is 2.16. The van der Waals surface area contributed by atoms with E-state index in [2.05, 4.69) is 60.6 Å². The molecule has 1 aromatic carbocycles. The van der Waals surface area contributed by atoms with Crippen molar-refractivity contribution in [3.63, 3.8) is 0 Å². The van der Waals surface area contributed by atoms with Crippen LogP contribution in [-0.4, -0.2) is 28.6 Å². The van der Waals surface area contributed by atoms with Crippen molar-refractivity contribution in [2.24, 2.45) is 0 Å². The monoisotopic (exact) mass is 280 g/mol. The molecule has 0 bridgehead atoms. The number of imidazole rings is 1. The smallest absolute Gasteiger partial charge is 0.160 e. The van der Waals surface area contributed by atoms with Gasteiger partial charge in [-0.1, -0.05) is 6.07 Å². The van der Waals surface area contributed by atoms with Crippen LogP contribution in [0, 0.1) is 0 Å². The lowest BCUT2D eigenvalue weighted by Crippen LogP contribution is -2.09. The lowest BCUT2D eigenvalue weighted by Gasteiger charge is -2.15. The molecule has 4 heteroatoms. The number of nitrogens with zero attached hydrogens (tertiary/aromatic N) is 4. The van der Waals surface area contributed by atoms with Crippen molar-refractivity contribution in [1.29, 1.82) is 0 Å². The molecule has 0 N–H and O–H groups in total. The van der Waals surface area contributed by atoms with Crippen LogP contribution < -0.4 is 4.90 Å². The van der Waals surface area contributed by atoms with Gasteiger partial charge in [-0.25, -0.2) is 4.98 Å². The van der Waals surface area contributed by atoms with Crippen LogP contribution in [0.3, 0.4) is 0 Å². The lowest BCUT2D eigenvalue weighted by atomic mass is 10.2. The Labute approximate surface area is 125 Å². The first-order valence-corrected chi connectivity index (χ1v) is 7.18. The largest absolute Gasteiger partial charge is 0.378 e. The van der Waals surface area contributed by atoms with Crippen LogP contribution in [0.5, 0.6) is 0 Å². The van der Waals surface area contributed by atoms with Gasteiger partial charge in [0.2, 0.25) is 0 Å². The number of anilines is 1. The van der Waals surface area contributed by atoms with E-state index in [0.29, 0.717) is 6.04 Å². The molecular formula is C17H20N4. The summed E-state index contributed by atoms with van der Waals surface area (Å²) < 4.78 is 2.25. The fourth-order valence-electron chi connectivity index (χ4n) is 2.56. The zero-order valence-electron chi connectivity index (χ0n) is 12.9. The topological polar surface area (TPSA) is 34.0 Å². The predicted molar refractivity (Wildman–Crippen MR) is 87.7 cm³/mol. The van der Waals surface area contributed by atoms with Gasteiger partial charge in [-0.3, -0.25) is 4.98 Å². The van der Waals surface area contributed by atoms with E-state index in [-0.39, 0.29) is 0 Å². The highest BCUT2D eigenvalue weighted by molar-refractivity contribution is 5.83. The van der Waals surface area contributed by atoms with Gasteiger partial charge in [-0.05, 0) is 44.2 Å². The molecule has 0 unspecified atom stereocenters. The standard InChI is InChI=1S/C17H20N4/c1-12(2)21-16-11-13(20(3)4)8-9-14(16)19-17(21)15-7-5-6-10-18-15/h5-12H,1-4H3. The van der Waals surface area contributed by atoms with Gasteiger partial charge in [0.25, 0.3) is 0 Å². The van der Waals surface area contributed by atoms with Crippen molar-refractivity contribution in [2.45, 2.75) is 19.9 Å². The Morgan fingerprint density at radius 3 is 2.52 bits per heavy atom. The minimum Gasteiger partial charge on any atom is -0.378 e. The summed E-state index contributed by atoms with van der Waals surface area (Å²) in [4.78, 5) is 11.3. The fraction of sp³-hybridized carbons (Fsp3) is 0.294. The molecule has 108 valence electrons. The first-order chi connectivity index (χ1) is 10.1. The predicted octanol–water partition coefficient (Wildman–Crippen LogP) is 3.75. The summed E-state index contributed by atoms with van der Waals surface area (Å²) in [6.07, 6.45) is 1.81. The molecule has 0 aliphatic carbocycles. The number of hydrogen-bond donors (Lipinski definition) is 0. The summed E-state index contributed by atoms with van der Waals surface area (Å²) in [5, 5.41) is 0. The second-order valence-electron chi connectivity index (χ2n) is 5.68. The molecule has 0 saturated carbocycles. The number of fused-ring (bicyclic) bond motifs is 1. The fourth-order valence-corrected chi connectivity index (χ4v) is 2.56. The van der Waals surface area contributed by atoms with Crippen LogP contribution >= 0.6 is 0 Å². The summed E-state index contributed by atoms with van der Waals surface area (Å²) in [7, 11) is 4.10. The molecule has 0 aliphatic heterocycles. The minimum atomic E-state index is 0.324. The van der Waals surface area contributed by atoms with Gasteiger partial charge in [0.1, 0.15) is 5.69 Å². The van der Waals surface area contributed by atoms with E-state index in [1.807, 2.05) is 24.4 Å². The van der Waals surface area contributed by atoms with Crippen LogP contribution in [0.4, 0.5) is 5.69 Å². The molecule has 2 heterocycles. The molecule has 0 atom stereocenters. The van der Waals surface area contributed by atoms with Gasteiger partial charge in [0.05, 0.1) is 11.0 Å². The van der Waals surface area contributed by atoms with E-state index >= 15 is 0 Å². The molecule has 0 fully saturated rings. The van der Waals surface area contributed by atoms with Gasteiger partial charge in [0.15, 0.2) is 5.82 Å². The summed E-state index contributed by atoms with van der Waals surface area (Å²) in [6.45, 7) is 4.35. The molecule has 0 saturated heterocycles. The third-order valence-corrected chi connectivity index (χ3v) is 3.60. The Kier molecular flexibility index (Phi) is 3.37. The van der Waals surface area contributed by atoms with Crippen LogP contribution in [0.2, 0.25) is 0 Å². The molecule has 4 nitrogen and oxygen atoms in total. The van der Waals surface area contributed by atoms with Crippen molar-refractivity contribution in [3.05, 3.63) is 42.6 Å². The third kappa shape index (κ3) is 2.37. The van der Waals surface area contributed by atoms with Crippen molar-refractivity contribution < 1.29 is 0 Å². The summed E-state index contributed by atoms with van der Waals surface area (Å²) in [6, 6.07) is 12.6. The molecule has 0 amide bonds. The highest BCUT2D eigenvalue weighted by atomic mass is 15.1. The van der Waals surface area contributed by atoms with E-state index in [1.165, 1.54) is 5.69 Å². The highest BCUT2D eigenvalue weighted by Crippen LogP contribution is 2.29. The van der Waals surface area contributed by atoms with E-state index < -0.39 is 0 Å². The second-order valence-corrected chi connectivity index (χ2v) is 5.68. The Hall–Kier alpha value is -2.36. The first kappa shape index (κ1) is 13.6. The molecule has 0 aliphatic rings. The summed E-state index contributed by atoms with van der Waals surface area (Å²) in [5.41, 5.74) is 4.25. The molecule has 0 spiro atoms. The Morgan fingerprint density at radius 1 is 1.10 bits per heavy atom. The quantitative estimate of drug-likeness (QED) is 0.733. The molecule has 3 rings (SSSR count). The van der Waals surface area contributed by atoms with Crippen LogP contribution in [0.15, 0.2) is 42.6 Å². The Morgan fingerprint density at radius 2 is 1.90 bits per heavy atom. The van der Waals surface area contributed by atoms with Crippen LogP contribution in [-0.2, 0) is 0 Å². The summed E-state index contributed by atoms with van der Waals surface area (Å²) >= 11 is 0. The van der Waals surface area contributed by atoms with Crippen LogP contribution in [0.25, 0.3) is 22.6 Å². The van der Waals surface area contributed by atoms with E-state index in [9.17, 15) is 0 Å². The third-order valence-electron chi connectivity index (χ3n) is 3.60. The molecule has 2 aromatic heterocycles. The van der Waals surface area contributed by atoms with E-state index in [1.54, 1.807) is 0 Å². The number of aromatic nitrogens is 3. The minimum absolute atomic E-state index is 0.324. The summed E-state index contributed by atoms with van der Waals surface area (Å²) in [5.74, 6) is 0.927. The van der Waals surface area contributed by atoms with Gasteiger partial charge in [0, 0.05) is 32.0 Å². The van der Waals surface area contributed by atoms with Gasteiger partial charge < -0.3 is 9.47 Å². The van der Waals surface area contributed by atoms with Gasteiger partial charge >= 0.3 is 0 Å². The number of hydrogen-bond acceptors (Lipinski definition) is 3. The first-order valence-electron chi connectivity index (χ1n) is 7.18. The Balaban J connectivity index is 2.28. The SMILES string of the molecule is CC(C)n1c(-c2ccccn2)nc2ccc(N(C)C)cc21. The zero-order valence-corrected chi connectivity index (χ0v) is 12.9. The zero-order chi connectivity index (χ0) is 15.0. The average molecular weight is 280 g/mol. The van der Waals surface area contributed by atoms with Crippen molar-refractivity contribution in [1.82, 2.24) is 14.5 Å². The second kappa shape index (κ2) is 5.20. The maximum Gasteiger partial charge on any atom is 0.160 e. The van der Waals surface area contributed by atoms with E-state index in [0.717, 1.165) is 22.6 Å². The van der Waals surface area contributed by atoms with Crippen molar-refractivity contribution in [2.75, 3.05) is 19.0 Å². The molecule has 3 aromatic rings. The maximum atomic E-state index is 4.79. The molecule has 0 radical (unpaired) electrons. The Bertz CT molecular complexity index is 757. The van der Waals surface area contributed by atoms with Crippen molar-refractivity contribution >= 4 is 16.7 Å². The van der Waals surface area contributed by atoms with E-state index in [4.69, 9.17) is 4.98 Å². The maximum absolute atomic E-state index is 4.79. The van der Waals surface area contributed by atoms with Gasteiger partial charge in [-0.15, -0.1) is 0 Å². The number of benzene rings is 1. The average Bonchev–Trinajstić information content (AvgIpc) is 2.86. The van der Waals surface area contributed by atoms with Crippen LogP contribution in [0.1, 0.15) is 19.9 Å². The normalized spacial score (nSPS) is 11.3. The molecule has 21 heavy (non-hydrogen) atoms.